The van der Waals surface area contributed by atoms with Crippen molar-refractivity contribution in [3.05, 3.63) is 30.3 Å². The number of nitrogens with one attached hydrogen (secondary N) is 2. The summed E-state index contributed by atoms with van der Waals surface area (Å²) in [6, 6.07) is 8.81. The lowest BCUT2D eigenvalue weighted by Gasteiger charge is -2.10. The first-order chi connectivity index (χ1) is 10.1. The Labute approximate surface area is 122 Å². The lowest BCUT2D eigenvalue weighted by atomic mass is 10.2. The van der Waals surface area contributed by atoms with Gasteiger partial charge < -0.3 is 20.1 Å². The molecule has 7 nitrogen and oxygen atoms in total. The molecule has 110 valence electrons. The molecule has 0 unspecified atom stereocenters. The summed E-state index contributed by atoms with van der Waals surface area (Å²) < 4.78 is 10.4. The third-order valence-corrected chi connectivity index (χ3v) is 2.62. The van der Waals surface area contributed by atoms with Crippen LogP contribution in [0.4, 0.5) is 17.3 Å². The molecule has 2 rings (SSSR count). The van der Waals surface area contributed by atoms with E-state index in [2.05, 4.69) is 20.8 Å². The molecule has 0 aliphatic carbocycles. The number of benzene rings is 1. The molecule has 0 aliphatic rings. The van der Waals surface area contributed by atoms with E-state index in [0.29, 0.717) is 23.1 Å². The summed E-state index contributed by atoms with van der Waals surface area (Å²) >= 11 is 0. The molecule has 0 saturated heterocycles. The molecular weight excluding hydrogens is 272 g/mol. The number of rotatable bonds is 5. The number of ether oxygens (including phenoxy) is 2. The van der Waals surface area contributed by atoms with Gasteiger partial charge in [-0.1, -0.05) is 0 Å². The minimum atomic E-state index is -0.190. The van der Waals surface area contributed by atoms with E-state index in [0.717, 1.165) is 5.69 Å². The maximum absolute atomic E-state index is 10.9. The van der Waals surface area contributed by atoms with Gasteiger partial charge in [0, 0.05) is 18.7 Å². The second kappa shape index (κ2) is 6.56. The van der Waals surface area contributed by atoms with E-state index < -0.39 is 0 Å². The molecule has 0 radical (unpaired) electrons. The summed E-state index contributed by atoms with van der Waals surface area (Å²) in [7, 11) is 3.15. The van der Waals surface area contributed by atoms with E-state index in [-0.39, 0.29) is 5.91 Å². The topological polar surface area (TPSA) is 85.4 Å². The fourth-order valence-electron chi connectivity index (χ4n) is 1.71. The van der Waals surface area contributed by atoms with E-state index in [4.69, 9.17) is 9.47 Å². The molecule has 0 fully saturated rings. The number of amides is 1. The summed E-state index contributed by atoms with van der Waals surface area (Å²) in [5.74, 6) is 2.03. The molecule has 21 heavy (non-hydrogen) atoms. The first kappa shape index (κ1) is 14.6. The van der Waals surface area contributed by atoms with Crippen molar-refractivity contribution < 1.29 is 14.3 Å². The Kier molecular flexibility index (Phi) is 4.55. The van der Waals surface area contributed by atoms with Gasteiger partial charge in [-0.3, -0.25) is 4.79 Å². The molecule has 1 aromatic carbocycles. The van der Waals surface area contributed by atoms with Gasteiger partial charge in [0.1, 0.15) is 0 Å². The van der Waals surface area contributed by atoms with Crippen LogP contribution in [0.1, 0.15) is 6.92 Å². The van der Waals surface area contributed by atoms with Gasteiger partial charge in [-0.25, -0.2) is 0 Å². The summed E-state index contributed by atoms with van der Waals surface area (Å²) in [5, 5.41) is 13.5. The van der Waals surface area contributed by atoms with Crippen LogP contribution in [-0.4, -0.2) is 30.3 Å². The van der Waals surface area contributed by atoms with Crippen molar-refractivity contribution in [3.8, 4) is 11.5 Å². The van der Waals surface area contributed by atoms with Crippen molar-refractivity contribution in [2.24, 2.45) is 0 Å². The quantitative estimate of drug-likeness (QED) is 0.877. The minimum absolute atomic E-state index is 0.190. The van der Waals surface area contributed by atoms with Crippen LogP contribution in [0.2, 0.25) is 0 Å². The smallest absolute Gasteiger partial charge is 0.222 e. The number of anilines is 3. The van der Waals surface area contributed by atoms with Crippen molar-refractivity contribution in [2.75, 3.05) is 24.9 Å². The minimum Gasteiger partial charge on any atom is -0.493 e. The zero-order valence-electron chi connectivity index (χ0n) is 12.0. The van der Waals surface area contributed by atoms with E-state index in [1.807, 2.05) is 6.07 Å². The number of aromatic nitrogens is 2. The highest BCUT2D eigenvalue weighted by Gasteiger charge is 2.05. The highest BCUT2D eigenvalue weighted by molar-refractivity contribution is 5.87. The Balaban J connectivity index is 2.12. The van der Waals surface area contributed by atoms with Crippen LogP contribution in [0.15, 0.2) is 30.3 Å². The van der Waals surface area contributed by atoms with Gasteiger partial charge in [0.25, 0.3) is 0 Å². The zero-order chi connectivity index (χ0) is 15.2. The Morgan fingerprint density at radius 1 is 1.00 bits per heavy atom. The van der Waals surface area contributed by atoms with Gasteiger partial charge in [0.05, 0.1) is 14.2 Å². The molecule has 0 atom stereocenters. The van der Waals surface area contributed by atoms with Crippen LogP contribution in [0, 0.1) is 0 Å². The predicted molar refractivity (Wildman–Crippen MR) is 79.2 cm³/mol. The van der Waals surface area contributed by atoms with Crippen molar-refractivity contribution in [3.63, 3.8) is 0 Å². The van der Waals surface area contributed by atoms with Gasteiger partial charge in [-0.05, 0) is 24.3 Å². The fourth-order valence-corrected chi connectivity index (χ4v) is 1.71. The summed E-state index contributed by atoms with van der Waals surface area (Å²) in [6.07, 6.45) is 0. The molecule has 2 aromatic rings. The second-order valence-electron chi connectivity index (χ2n) is 4.18. The number of hydrogen-bond acceptors (Lipinski definition) is 6. The highest BCUT2D eigenvalue weighted by Crippen LogP contribution is 2.30. The largest absolute Gasteiger partial charge is 0.493 e. The number of hydrogen-bond donors (Lipinski definition) is 2. The van der Waals surface area contributed by atoms with Crippen molar-refractivity contribution in [2.45, 2.75) is 6.92 Å². The van der Waals surface area contributed by atoms with E-state index in [9.17, 15) is 4.79 Å². The van der Waals surface area contributed by atoms with Crippen molar-refractivity contribution in [1.82, 2.24) is 10.2 Å². The predicted octanol–water partition coefficient (Wildman–Crippen LogP) is 2.20. The third-order valence-electron chi connectivity index (χ3n) is 2.62. The number of methoxy groups -OCH3 is 2. The highest BCUT2D eigenvalue weighted by atomic mass is 16.5. The molecule has 1 amide bonds. The number of carbonyl (C=O) groups excluding carboxylic acids is 1. The fraction of sp³-hybridized carbons (Fsp3) is 0.214. The lowest BCUT2D eigenvalue weighted by Crippen LogP contribution is -2.08. The number of carbonyl (C=O) groups is 1. The van der Waals surface area contributed by atoms with Gasteiger partial charge in [-0.2, -0.15) is 0 Å². The molecule has 0 bridgehead atoms. The Morgan fingerprint density at radius 2 is 1.67 bits per heavy atom. The van der Waals surface area contributed by atoms with E-state index >= 15 is 0 Å². The number of nitrogens with zero attached hydrogens (tertiary/aromatic N) is 2. The third kappa shape index (κ3) is 3.82. The maximum atomic E-state index is 10.9. The first-order valence-electron chi connectivity index (χ1n) is 6.22. The van der Waals surface area contributed by atoms with Crippen molar-refractivity contribution >= 4 is 23.2 Å². The molecule has 7 heteroatoms. The molecule has 0 saturated carbocycles. The average Bonchev–Trinajstić information content (AvgIpc) is 2.48. The van der Waals surface area contributed by atoms with Crippen LogP contribution in [0.3, 0.4) is 0 Å². The van der Waals surface area contributed by atoms with E-state index in [1.165, 1.54) is 6.92 Å². The molecule has 1 heterocycles. The molecule has 1 aromatic heterocycles. The van der Waals surface area contributed by atoms with Crippen LogP contribution in [0.5, 0.6) is 11.5 Å². The summed E-state index contributed by atoms with van der Waals surface area (Å²) in [4.78, 5) is 10.9. The zero-order valence-corrected chi connectivity index (χ0v) is 12.0. The first-order valence-corrected chi connectivity index (χ1v) is 6.22. The Bertz CT molecular complexity index is 629. The molecule has 2 N–H and O–H groups in total. The van der Waals surface area contributed by atoms with Crippen LogP contribution >= 0.6 is 0 Å². The van der Waals surface area contributed by atoms with Gasteiger partial charge in [0.2, 0.25) is 5.91 Å². The van der Waals surface area contributed by atoms with Gasteiger partial charge in [0.15, 0.2) is 23.1 Å². The van der Waals surface area contributed by atoms with Gasteiger partial charge >= 0.3 is 0 Å². The normalized spacial score (nSPS) is 9.86. The summed E-state index contributed by atoms with van der Waals surface area (Å²) in [5.41, 5.74) is 0.786. The average molecular weight is 288 g/mol. The SMILES string of the molecule is COc1ccc(Nc2ccc(NC(C)=O)nn2)cc1OC. The molecule has 0 aliphatic heterocycles. The Morgan fingerprint density at radius 3 is 2.24 bits per heavy atom. The lowest BCUT2D eigenvalue weighted by molar-refractivity contribution is -0.114. The van der Waals surface area contributed by atoms with Crippen LogP contribution < -0.4 is 20.1 Å². The second-order valence-corrected chi connectivity index (χ2v) is 4.18. The standard InChI is InChI=1S/C14H16N4O3/c1-9(19)15-13-6-7-14(18-17-13)16-10-4-5-11(20-2)12(8-10)21-3/h4-8H,1-3H3,(H,16,18)(H,15,17,19). The summed E-state index contributed by atoms with van der Waals surface area (Å²) in [6.45, 7) is 1.41. The van der Waals surface area contributed by atoms with Crippen LogP contribution in [0.25, 0.3) is 0 Å². The maximum Gasteiger partial charge on any atom is 0.222 e. The molecular formula is C14H16N4O3. The van der Waals surface area contributed by atoms with Crippen molar-refractivity contribution in [1.29, 1.82) is 0 Å². The van der Waals surface area contributed by atoms with E-state index in [1.54, 1.807) is 38.5 Å². The Hall–Kier alpha value is -2.83. The van der Waals surface area contributed by atoms with Gasteiger partial charge in [-0.15, -0.1) is 10.2 Å². The van der Waals surface area contributed by atoms with Crippen LogP contribution in [-0.2, 0) is 4.79 Å². The monoisotopic (exact) mass is 288 g/mol. The molecule has 0 spiro atoms.